The van der Waals surface area contributed by atoms with E-state index in [1.54, 1.807) is 6.20 Å². The van der Waals surface area contributed by atoms with E-state index < -0.39 is 60.2 Å². The maximum Gasteiger partial charge on any atom is 0.326 e. The average Bonchev–Trinajstić information content (AvgIpc) is 3.31. The van der Waals surface area contributed by atoms with Gasteiger partial charge in [0, 0.05) is 30.1 Å². The molecule has 1 aromatic heterocycles. The Morgan fingerprint density at radius 3 is 2.17 bits per heavy atom. The van der Waals surface area contributed by atoms with E-state index in [1.807, 2.05) is 38.1 Å². The summed E-state index contributed by atoms with van der Waals surface area (Å²) < 4.78 is 0. The first-order valence-corrected chi connectivity index (χ1v) is 13.6. The first-order chi connectivity index (χ1) is 19.8. The highest BCUT2D eigenvalue weighted by Crippen LogP contribution is 2.19. The number of aromatic amines is 1. The zero-order chi connectivity index (χ0) is 31.4. The van der Waals surface area contributed by atoms with E-state index in [-0.39, 0.29) is 37.7 Å². The van der Waals surface area contributed by atoms with E-state index in [9.17, 15) is 29.1 Å². The van der Waals surface area contributed by atoms with Crippen LogP contribution in [0, 0.1) is 5.92 Å². The topological polar surface area (TPSA) is 274 Å². The molecule has 0 aliphatic rings. The predicted octanol–water partition coefficient (Wildman–Crippen LogP) is -1.45. The standard InChI is InChI=1S/C27H41N9O6/c1-14(2)10-21(26(41)42)36-24(39)19(11-15-13-33-18-8-4-3-6-16(15)18)35-25(40)20(12-22(29)37)34-23(38)17(28)7-5-9-32-27(30)31/h3-4,6,8,13-14,17,19-21,33H,5,7,9-12,28H2,1-2H3,(H2,29,37)(H,34,38)(H,35,40)(H,36,39)(H,41,42)(H4,30,31,32). The Labute approximate surface area is 243 Å². The number of guanidine groups is 1. The maximum atomic E-state index is 13.4. The number of H-pyrrole nitrogens is 1. The lowest BCUT2D eigenvalue weighted by atomic mass is 10.0. The number of nitrogens with two attached hydrogens (primary N) is 4. The van der Waals surface area contributed by atoms with Crippen molar-refractivity contribution in [3.8, 4) is 0 Å². The van der Waals surface area contributed by atoms with E-state index in [2.05, 4.69) is 25.9 Å². The summed E-state index contributed by atoms with van der Waals surface area (Å²) >= 11 is 0. The number of hydrogen-bond donors (Lipinski definition) is 9. The summed E-state index contributed by atoms with van der Waals surface area (Å²) in [5.74, 6) is -4.57. The molecule has 42 heavy (non-hydrogen) atoms. The van der Waals surface area contributed by atoms with Crippen LogP contribution in [-0.4, -0.2) is 76.4 Å². The number of primary amides is 1. The Balaban J connectivity index is 2.26. The number of carbonyl (C=O) groups is 5. The largest absolute Gasteiger partial charge is 0.480 e. The molecule has 230 valence electrons. The van der Waals surface area contributed by atoms with Gasteiger partial charge in [0.05, 0.1) is 12.5 Å². The van der Waals surface area contributed by atoms with Crippen LogP contribution in [-0.2, 0) is 30.4 Å². The number of aliphatic carboxylic acids is 1. The van der Waals surface area contributed by atoms with Crippen LogP contribution in [0.15, 0.2) is 35.5 Å². The fourth-order valence-corrected chi connectivity index (χ4v) is 4.31. The summed E-state index contributed by atoms with van der Waals surface area (Å²) in [4.78, 5) is 69.9. The highest BCUT2D eigenvalue weighted by molar-refractivity contribution is 5.96. The second-order valence-corrected chi connectivity index (χ2v) is 10.4. The first-order valence-electron chi connectivity index (χ1n) is 13.6. The summed E-state index contributed by atoms with van der Waals surface area (Å²) in [7, 11) is 0. The SMILES string of the molecule is CC(C)CC(NC(=O)C(Cc1c[nH]c2ccccc12)NC(=O)C(CC(N)=O)NC(=O)C(N)CCCN=C(N)N)C(=O)O. The molecule has 4 amide bonds. The van der Waals surface area contributed by atoms with Crippen LogP contribution in [0.4, 0.5) is 0 Å². The second-order valence-electron chi connectivity index (χ2n) is 10.4. The Morgan fingerprint density at radius 1 is 0.929 bits per heavy atom. The minimum atomic E-state index is -1.44. The molecule has 0 spiro atoms. The number of hydrogen-bond acceptors (Lipinski definition) is 7. The molecule has 4 atom stereocenters. The third-order valence-corrected chi connectivity index (χ3v) is 6.40. The Morgan fingerprint density at radius 2 is 1.55 bits per heavy atom. The number of carboxylic acid groups (broad SMARTS) is 1. The molecule has 0 fully saturated rings. The number of fused-ring (bicyclic) bond motifs is 1. The van der Waals surface area contributed by atoms with Gasteiger partial charge in [0.15, 0.2) is 5.96 Å². The van der Waals surface area contributed by atoms with Gasteiger partial charge in [-0.05, 0) is 36.8 Å². The van der Waals surface area contributed by atoms with Crippen molar-refractivity contribution in [3.63, 3.8) is 0 Å². The zero-order valence-electron chi connectivity index (χ0n) is 23.8. The Bertz CT molecular complexity index is 1290. The van der Waals surface area contributed by atoms with Crippen molar-refractivity contribution < 1.29 is 29.1 Å². The van der Waals surface area contributed by atoms with Crippen LogP contribution < -0.4 is 38.9 Å². The lowest BCUT2D eigenvalue weighted by Gasteiger charge is -2.25. The zero-order valence-corrected chi connectivity index (χ0v) is 23.8. The van der Waals surface area contributed by atoms with Gasteiger partial charge in [-0.25, -0.2) is 4.79 Å². The fraction of sp³-hybridized carbons (Fsp3) is 0.481. The van der Waals surface area contributed by atoms with Crippen LogP contribution in [0.3, 0.4) is 0 Å². The molecule has 4 unspecified atom stereocenters. The summed E-state index contributed by atoms with van der Waals surface area (Å²) in [5, 5.41) is 17.9. The normalized spacial score (nSPS) is 13.9. The number of carbonyl (C=O) groups excluding carboxylic acids is 4. The molecule has 0 radical (unpaired) electrons. The van der Waals surface area contributed by atoms with Gasteiger partial charge in [0.25, 0.3) is 0 Å². The van der Waals surface area contributed by atoms with Crippen molar-refractivity contribution in [2.45, 2.75) is 70.1 Å². The molecular formula is C27H41N9O6. The van der Waals surface area contributed by atoms with Crippen LogP contribution in [0.2, 0.25) is 0 Å². The van der Waals surface area contributed by atoms with Gasteiger partial charge < -0.3 is 49.0 Å². The van der Waals surface area contributed by atoms with Crippen molar-refractivity contribution in [1.29, 1.82) is 0 Å². The van der Waals surface area contributed by atoms with Crippen molar-refractivity contribution in [2.75, 3.05) is 6.54 Å². The van der Waals surface area contributed by atoms with Crippen molar-refractivity contribution in [3.05, 3.63) is 36.0 Å². The van der Waals surface area contributed by atoms with E-state index in [1.165, 1.54) is 0 Å². The number of benzene rings is 1. The number of nitrogens with zero attached hydrogens (tertiary/aromatic N) is 1. The average molecular weight is 588 g/mol. The molecule has 0 aliphatic carbocycles. The minimum absolute atomic E-state index is 0.0167. The molecule has 13 N–H and O–H groups in total. The Kier molecular flexibility index (Phi) is 12.7. The molecule has 0 saturated heterocycles. The van der Waals surface area contributed by atoms with Gasteiger partial charge in [-0.15, -0.1) is 0 Å². The molecule has 15 nitrogen and oxygen atoms in total. The minimum Gasteiger partial charge on any atom is -0.480 e. The number of carboxylic acids is 1. The highest BCUT2D eigenvalue weighted by Gasteiger charge is 2.32. The molecule has 1 heterocycles. The summed E-state index contributed by atoms with van der Waals surface area (Å²) in [6, 6.07) is 2.39. The second kappa shape index (κ2) is 16.0. The molecule has 0 saturated carbocycles. The number of para-hydroxylation sites is 1. The smallest absolute Gasteiger partial charge is 0.326 e. The highest BCUT2D eigenvalue weighted by atomic mass is 16.4. The van der Waals surface area contributed by atoms with E-state index in [4.69, 9.17) is 22.9 Å². The van der Waals surface area contributed by atoms with Crippen LogP contribution in [0.25, 0.3) is 10.9 Å². The van der Waals surface area contributed by atoms with E-state index in [0.717, 1.165) is 10.9 Å². The predicted molar refractivity (Wildman–Crippen MR) is 157 cm³/mol. The molecule has 2 rings (SSSR count). The van der Waals surface area contributed by atoms with Crippen molar-refractivity contribution in [2.24, 2.45) is 33.8 Å². The molecule has 2 aromatic rings. The summed E-state index contributed by atoms with van der Waals surface area (Å²) in [6.45, 7) is 3.87. The van der Waals surface area contributed by atoms with Gasteiger partial charge >= 0.3 is 5.97 Å². The fourth-order valence-electron chi connectivity index (χ4n) is 4.31. The lowest BCUT2D eigenvalue weighted by molar-refractivity contribution is -0.143. The van der Waals surface area contributed by atoms with Crippen molar-refractivity contribution >= 4 is 46.5 Å². The Hall–Kier alpha value is -4.66. The number of aliphatic imine (C=N–C) groups is 1. The van der Waals surface area contributed by atoms with Gasteiger partial charge in [0.2, 0.25) is 23.6 Å². The first kappa shape index (κ1) is 33.5. The summed E-state index contributed by atoms with van der Waals surface area (Å²) in [5.41, 5.74) is 23.3. The van der Waals surface area contributed by atoms with Gasteiger partial charge in [0.1, 0.15) is 18.1 Å². The number of amides is 4. The lowest BCUT2D eigenvalue weighted by Crippen LogP contribution is -2.58. The quantitative estimate of drug-likeness (QED) is 0.0594. The van der Waals surface area contributed by atoms with Gasteiger partial charge in [-0.1, -0.05) is 32.0 Å². The molecule has 0 aliphatic heterocycles. The number of rotatable bonds is 17. The molecule has 1 aromatic carbocycles. The van der Waals surface area contributed by atoms with Gasteiger partial charge in [-0.2, -0.15) is 0 Å². The molecule has 0 bridgehead atoms. The van der Waals surface area contributed by atoms with Gasteiger partial charge in [-0.3, -0.25) is 24.2 Å². The third-order valence-electron chi connectivity index (χ3n) is 6.40. The number of aromatic nitrogens is 1. The maximum absolute atomic E-state index is 13.4. The molecule has 15 heteroatoms. The summed E-state index contributed by atoms with van der Waals surface area (Å²) in [6.07, 6.45) is 1.83. The van der Waals surface area contributed by atoms with Crippen LogP contribution in [0.5, 0.6) is 0 Å². The van der Waals surface area contributed by atoms with E-state index >= 15 is 0 Å². The van der Waals surface area contributed by atoms with Crippen molar-refractivity contribution in [1.82, 2.24) is 20.9 Å². The van der Waals surface area contributed by atoms with Crippen LogP contribution in [0.1, 0.15) is 45.1 Å². The van der Waals surface area contributed by atoms with Crippen LogP contribution >= 0.6 is 0 Å². The number of nitrogens with one attached hydrogen (secondary N) is 4. The van der Waals surface area contributed by atoms with E-state index in [0.29, 0.717) is 12.0 Å². The third kappa shape index (κ3) is 10.7. The monoisotopic (exact) mass is 587 g/mol. The molecular weight excluding hydrogens is 546 g/mol.